The van der Waals surface area contributed by atoms with Crippen molar-refractivity contribution in [2.24, 2.45) is 0 Å². The highest BCUT2D eigenvalue weighted by Crippen LogP contribution is 1.92. The standard InChI is InChI=1S/C7H9NO3/c1-3-6(10)5(2)7(11)8-4-9/h3,9H,1-2,4H2,(H,8,11). The van der Waals surface area contributed by atoms with E-state index >= 15 is 0 Å². The predicted octanol–water partition coefficient (Wildman–Crippen LogP) is -0.636. The van der Waals surface area contributed by atoms with Crippen LogP contribution in [0.2, 0.25) is 0 Å². The van der Waals surface area contributed by atoms with Gasteiger partial charge >= 0.3 is 0 Å². The zero-order chi connectivity index (χ0) is 8.85. The fourth-order valence-electron chi connectivity index (χ4n) is 0.414. The fourth-order valence-corrected chi connectivity index (χ4v) is 0.414. The van der Waals surface area contributed by atoms with Crippen molar-refractivity contribution in [3.63, 3.8) is 0 Å². The molecule has 0 aromatic heterocycles. The molecule has 0 radical (unpaired) electrons. The second-order valence-corrected chi connectivity index (χ2v) is 1.71. The molecule has 1 amide bonds. The molecule has 0 saturated carbocycles. The van der Waals surface area contributed by atoms with Crippen molar-refractivity contribution in [3.05, 3.63) is 24.8 Å². The van der Waals surface area contributed by atoms with Crippen LogP contribution in [0.1, 0.15) is 0 Å². The zero-order valence-electron chi connectivity index (χ0n) is 5.96. The molecule has 0 spiro atoms. The zero-order valence-corrected chi connectivity index (χ0v) is 5.96. The highest BCUT2D eigenvalue weighted by molar-refractivity contribution is 6.22. The molecule has 0 saturated heterocycles. The van der Waals surface area contributed by atoms with Gasteiger partial charge in [-0.15, -0.1) is 0 Å². The lowest BCUT2D eigenvalue weighted by Gasteiger charge is -1.99. The number of aliphatic hydroxyl groups excluding tert-OH is 1. The topological polar surface area (TPSA) is 66.4 Å². The quantitative estimate of drug-likeness (QED) is 0.246. The van der Waals surface area contributed by atoms with Gasteiger partial charge in [-0.3, -0.25) is 9.59 Å². The van der Waals surface area contributed by atoms with Gasteiger partial charge in [0.15, 0.2) is 5.78 Å². The van der Waals surface area contributed by atoms with Crippen molar-refractivity contribution >= 4 is 11.7 Å². The van der Waals surface area contributed by atoms with Gasteiger partial charge in [0, 0.05) is 0 Å². The molecule has 0 aliphatic carbocycles. The number of amides is 1. The average Bonchev–Trinajstić information content (AvgIpc) is 2.02. The summed E-state index contributed by atoms with van der Waals surface area (Å²) in [4.78, 5) is 21.4. The van der Waals surface area contributed by atoms with Gasteiger partial charge in [0.05, 0.1) is 5.57 Å². The molecule has 0 aliphatic heterocycles. The molecule has 0 atom stereocenters. The molecule has 60 valence electrons. The molecule has 0 unspecified atom stereocenters. The molecule has 0 bridgehead atoms. The molecular weight excluding hydrogens is 146 g/mol. The second kappa shape index (κ2) is 4.40. The van der Waals surface area contributed by atoms with Crippen LogP contribution in [-0.2, 0) is 9.59 Å². The molecule has 2 N–H and O–H groups in total. The van der Waals surface area contributed by atoms with Crippen LogP contribution in [0.25, 0.3) is 0 Å². The second-order valence-electron chi connectivity index (χ2n) is 1.71. The maximum absolute atomic E-state index is 10.7. The van der Waals surface area contributed by atoms with Crippen LogP contribution >= 0.6 is 0 Å². The van der Waals surface area contributed by atoms with Gasteiger partial charge in [0.1, 0.15) is 6.73 Å². The molecule has 0 aliphatic rings. The normalized spacial score (nSPS) is 8.45. The monoisotopic (exact) mass is 155 g/mol. The lowest BCUT2D eigenvalue weighted by molar-refractivity contribution is -0.121. The summed E-state index contributed by atoms with van der Waals surface area (Å²) in [6.45, 7) is 5.86. The molecular formula is C7H9NO3. The summed E-state index contributed by atoms with van der Waals surface area (Å²) in [5, 5.41) is 10.2. The van der Waals surface area contributed by atoms with E-state index in [1.165, 1.54) is 0 Å². The van der Waals surface area contributed by atoms with E-state index in [1.807, 2.05) is 5.32 Å². The Balaban J connectivity index is 4.13. The third-order valence-electron chi connectivity index (χ3n) is 0.997. The Labute approximate surface area is 64.2 Å². The summed E-state index contributed by atoms with van der Waals surface area (Å²) >= 11 is 0. The Hall–Kier alpha value is -1.42. The maximum atomic E-state index is 10.7. The molecule has 0 aromatic carbocycles. The first-order valence-electron chi connectivity index (χ1n) is 2.88. The minimum Gasteiger partial charge on any atom is -0.376 e. The third-order valence-corrected chi connectivity index (χ3v) is 0.997. The molecule has 11 heavy (non-hydrogen) atoms. The molecule has 0 aromatic rings. The first kappa shape index (κ1) is 9.58. The summed E-state index contributed by atoms with van der Waals surface area (Å²) in [5.41, 5.74) is -0.228. The van der Waals surface area contributed by atoms with Crippen LogP contribution in [0.3, 0.4) is 0 Å². The van der Waals surface area contributed by atoms with Gasteiger partial charge in [0.2, 0.25) is 0 Å². The molecule has 4 nitrogen and oxygen atoms in total. The third kappa shape index (κ3) is 2.77. The summed E-state index contributed by atoms with van der Waals surface area (Å²) in [7, 11) is 0. The number of allylic oxidation sites excluding steroid dienone is 1. The van der Waals surface area contributed by atoms with E-state index in [0.717, 1.165) is 6.08 Å². The van der Waals surface area contributed by atoms with E-state index in [4.69, 9.17) is 5.11 Å². The fraction of sp³-hybridized carbons (Fsp3) is 0.143. The van der Waals surface area contributed by atoms with Gasteiger partial charge in [-0.2, -0.15) is 0 Å². The van der Waals surface area contributed by atoms with Crippen molar-refractivity contribution in [1.82, 2.24) is 5.32 Å². The van der Waals surface area contributed by atoms with E-state index in [2.05, 4.69) is 13.2 Å². The summed E-state index contributed by atoms with van der Waals surface area (Å²) < 4.78 is 0. The number of hydrogen-bond donors (Lipinski definition) is 2. The van der Waals surface area contributed by atoms with E-state index in [-0.39, 0.29) is 5.57 Å². The average molecular weight is 155 g/mol. The van der Waals surface area contributed by atoms with E-state index in [0.29, 0.717) is 0 Å². The van der Waals surface area contributed by atoms with Crippen molar-refractivity contribution < 1.29 is 14.7 Å². The lowest BCUT2D eigenvalue weighted by Crippen LogP contribution is -2.27. The number of aliphatic hydroxyl groups is 1. The van der Waals surface area contributed by atoms with Crippen LogP contribution in [0.5, 0.6) is 0 Å². The number of nitrogens with one attached hydrogen (secondary N) is 1. The Morgan fingerprint density at radius 2 is 2.09 bits per heavy atom. The maximum Gasteiger partial charge on any atom is 0.256 e. The summed E-state index contributed by atoms with van der Waals surface area (Å²) in [6, 6.07) is 0. The minimum absolute atomic E-state index is 0.228. The van der Waals surface area contributed by atoms with Crippen LogP contribution in [0, 0.1) is 0 Å². The van der Waals surface area contributed by atoms with Crippen LogP contribution in [0.4, 0.5) is 0 Å². The number of rotatable bonds is 4. The molecule has 0 fully saturated rings. The molecule has 0 rings (SSSR count). The summed E-state index contributed by atoms with van der Waals surface area (Å²) in [6.07, 6.45) is 0.985. The number of carbonyl (C=O) groups is 2. The number of carbonyl (C=O) groups excluding carboxylic acids is 2. The van der Waals surface area contributed by atoms with Crippen molar-refractivity contribution in [3.8, 4) is 0 Å². The van der Waals surface area contributed by atoms with Gasteiger partial charge in [-0.25, -0.2) is 0 Å². The van der Waals surface area contributed by atoms with E-state index in [1.54, 1.807) is 0 Å². The smallest absolute Gasteiger partial charge is 0.256 e. The van der Waals surface area contributed by atoms with Crippen molar-refractivity contribution in [1.29, 1.82) is 0 Å². The van der Waals surface area contributed by atoms with E-state index < -0.39 is 18.4 Å². The summed E-state index contributed by atoms with van der Waals surface area (Å²) in [5.74, 6) is -1.23. The predicted molar refractivity (Wildman–Crippen MR) is 39.6 cm³/mol. The number of hydrogen-bond acceptors (Lipinski definition) is 3. The number of ketones is 1. The Morgan fingerprint density at radius 3 is 2.45 bits per heavy atom. The first-order valence-corrected chi connectivity index (χ1v) is 2.88. The van der Waals surface area contributed by atoms with Crippen LogP contribution < -0.4 is 5.32 Å². The highest BCUT2D eigenvalue weighted by atomic mass is 16.3. The van der Waals surface area contributed by atoms with Gasteiger partial charge in [-0.05, 0) is 6.08 Å². The minimum atomic E-state index is -0.683. The van der Waals surface area contributed by atoms with Gasteiger partial charge in [0.25, 0.3) is 5.91 Å². The van der Waals surface area contributed by atoms with Crippen LogP contribution in [-0.4, -0.2) is 23.5 Å². The SMILES string of the molecule is C=CC(=O)C(=C)C(=O)NCO. The van der Waals surface area contributed by atoms with E-state index in [9.17, 15) is 9.59 Å². The molecule has 4 heteroatoms. The highest BCUT2D eigenvalue weighted by Gasteiger charge is 2.10. The first-order chi connectivity index (χ1) is 5.13. The van der Waals surface area contributed by atoms with Gasteiger partial charge in [-0.1, -0.05) is 13.2 Å². The largest absolute Gasteiger partial charge is 0.376 e. The Bertz CT molecular complexity index is 208. The lowest BCUT2D eigenvalue weighted by atomic mass is 10.2. The Kier molecular flexibility index (Phi) is 3.84. The van der Waals surface area contributed by atoms with Crippen LogP contribution in [0.15, 0.2) is 24.8 Å². The van der Waals surface area contributed by atoms with Crippen molar-refractivity contribution in [2.75, 3.05) is 6.73 Å². The van der Waals surface area contributed by atoms with Crippen molar-refractivity contribution in [2.45, 2.75) is 0 Å². The Morgan fingerprint density at radius 1 is 1.55 bits per heavy atom. The molecule has 0 heterocycles. The van der Waals surface area contributed by atoms with Gasteiger partial charge < -0.3 is 10.4 Å².